The molecule has 156 valence electrons. The van der Waals surface area contributed by atoms with Gasteiger partial charge in [-0.15, -0.1) is 11.3 Å². The van der Waals surface area contributed by atoms with Gasteiger partial charge >= 0.3 is 6.09 Å². The molecule has 1 aromatic carbocycles. The quantitative estimate of drug-likeness (QED) is 0.640. The van der Waals surface area contributed by atoms with Gasteiger partial charge < -0.3 is 25.2 Å². The number of amides is 1. The second-order valence-corrected chi connectivity index (χ2v) is 8.46. The Morgan fingerprint density at radius 2 is 2.24 bits per heavy atom. The number of aromatic nitrogens is 1. The Morgan fingerprint density at radius 1 is 1.38 bits per heavy atom. The summed E-state index contributed by atoms with van der Waals surface area (Å²) in [5.74, 6) is 0. The van der Waals surface area contributed by atoms with E-state index in [2.05, 4.69) is 39.9 Å². The first-order chi connectivity index (χ1) is 14.2. The molecule has 4 atom stereocenters. The van der Waals surface area contributed by atoms with E-state index in [1.54, 1.807) is 11.3 Å². The molecule has 2 fully saturated rings. The van der Waals surface area contributed by atoms with Gasteiger partial charge in [-0.2, -0.15) is 0 Å². The van der Waals surface area contributed by atoms with E-state index in [0.29, 0.717) is 19.5 Å². The van der Waals surface area contributed by atoms with E-state index in [1.807, 2.05) is 11.7 Å². The second kappa shape index (κ2) is 9.67. The summed E-state index contributed by atoms with van der Waals surface area (Å²) in [7, 11) is 0. The molecule has 7 nitrogen and oxygen atoms in total. The van der Waals surface area contributed by atoms with Crippen LogP contribution < -0.4 is 10.6 Å². The predicted molar refractivity (Wildman–Crippen MR) is 111 cm³/mol. The lowest BCUT2D eigenvalue weighted by atomic mass is 10.0. The smallest absolute Gasteiger partial charge is 0.407 e. The molecule has 3 heterocycles. The largest absolute Gasteiger partial charge is 0.442 e. The molecule has 0 bridgehead atoms. The molecule has 0 radical (unpaired) electrons. The first-order valence-electron chi connectivity index (χ1n) is 10.1. The molecule has 0 unspecified atom stereocenters. The lowest BCUT2D eigenvalue weighted by molar-refractivity contribution is 0.0184. The summed E-state index contributed by atoms with van der Waals surface area (Å²) >= 11 is 1.61. The molecular weight excluding hydrogens is 390 g/mol. The third-order valence-corrected chi connectivity index (χ3v) is 6.32. The van der Waals surface area contributed by atoms with Gasteiger partial charge in [-0.05, 0) is 36.8 Å². The summed E-state index contributed by atoms with van der Waals surface area (Å²) in [4.78, 5) is 17.4. The Morgan fingerprint density at radius 3 is 2.97 bits per heavy atom. The van der Waals surface area contributed by atoms with Gasteiger partial charge in [0, 0.05) is 25.9 Å². The van der Waals surface area contributed by atoms with E-state index in [4.69, 9.17) is 9.47 Å². The van der Waals surface area contributed by atoms with Gasteiger partial charge in [0.25, 0.3) is 0 Å². The van der Waals surface area contributed by atoms with Gasteiger partial charge in [-0.1, -0.05) is 24.3 Å². The second-order valence-electron chi connectivity index (χ2n) is 7.57. The van der Waals surface area contributed by atoms with Crippen LogP contribution in [0.25, 0.3) is 10.4 Å². The minimum absolute atomic E-state index is 0.122. The van der Waals surface area contributed by atoms with Gasteiger partial charge in [-0.3, -0.25) is 4.98 Å². The zero-order chi connectivity index (χ0) is 20.1. The topological polar surface area (TPSA) is 92.7 Å². The van der Waals surface area contributed by atoms with Crippen molar-refractivity contribution >= 4 is 17.4 Å². The molecule has 2 aliphatic heterocycles. The number of hydrogen-bond acceptors (Lipinski definition) is 7. The van der Waals surface area contributed by atoms with Crippen molar-refractivity contribution in [2.75, 3.05) is 19.7 Å². The summed E-state index contributed by atoms with van der Waals surface area (Å²) in [5.41, 5.74) is 4.08. The summed E-state index contributed by atoms with van der Waals surface area (Å²) in [6.07, 6.45) is 3.92. The van der Waals surface area contributed by atoms with Crippen LogP contribution in [-0.4, -0.2) is 60.2 Å². The van der Waals surface area contributed by atoms with Crippen molar-refractivity contribution < 1.29 is 19.4 Å². The monoisotopic (exact) mass is 417 g/mol. The molecule has 29 heavy (non-hydrogen) atoms. The van der Waals surface area contributed by atoms with Crippen molar-refractivity contribution in [3.05, 3.63) is 41.5 Å². The first-order valence-corrected chi connectivity index (χ1v) is 11.0. The fourth-order valence-electron chi connectivity index (χ4n) is 3.91. The SMILES string of the molecule is O=C(NCC[C@@H]1CCCO1)O[C@@H]1[C@@H](O)CN[C@@H]1Cc1ccc(-c2cncs2)cc1. The average Bonchev–Trinajstić information content (AvgIpc) is 3.48. The Kier molecular flexibility index (Phi) is 6.76. The number of nitrogens with zero attached hydrogens (tertiary/aromatic N) is 1. The molecule has 2 saturated heterocycles. The first kappa shape index (κ1) is 20.3. The molecule has 0 spiro atoms. The fraction of sp³-hybridized carbons (Fsp3) is 0.524. The third kappa shape index (κ3) is 5.33. The van der Waals surface area contributed by atoms with Crippen molar-refractivity contribution in [1.29, 1.82) is 0 Å². The van der Waals surface area contributed by atoms with Crippen molar-refractivity contribution in [3.8, 4) is 10.4 Å². The van der Waals surface area contributed by atoms with E-state index in [-0.39, 0.29) is 12.1 Å². The van der Waals surface area contributed by atoms with Crippen molar-refractivity contribution in [3.63, 3.8) is 0 Å². The van der Waals surface area contributed by atoms with Crippen LogP contribution in [0.2, 0.25) is 0 Å². The number of aliphatic hydroxyl groups excluding tert-OH is 1. The summed E-state index contributed by atoms with van der Waals surface area (Å²) in [6, 6.07) is 8.16. The van der Waals surface area contributed by atoms with Crippen molar-refractivity contribution in [1.82, 2.24) is 15.6 Å². The van der Waals surface area contributed by atoms with E-state index in [0.717, 1.165) is 41.9 Å². The minimum atomic E-state index is -0.708. The van der Waals surface area contributed by atoms with Gasteiger partial charge in [-0.25, -0.2) is 4.79 Å². The van der Waals surface area contributed by atoms with E-state index in [9.17, 15) is 9.90 Å². The van der Waals surface area contributed by atoms with Crippen LogP contribution in [0.1, 0.15) is 24.8 Å². The van der Waals surface area contributed by atoms with Gasteiger partial charge in [0.05, 0.1) is 22.5 Å². The molecule has 0 aliphatic carbocycles. The van der Waals surface area contributed by atoms with Crippen LogP contribution >= 0.6 is 11.3 Å². The molecular formula is C21H27N3O4S. The van der Waals surface area contributed by atoms with E-state index in [1.165, 1.54) is 0 Å². The highest BCUT2D eigenvalue weighted by molar-refractivity contribution is 7.13. The van der Waals surface area contributed by atoms with Crippen LogP contribution in [0.3, 0.4) is 0 Å². The molecule has 0 saturated carbocycles. The maximum atomic E-state index is 12.2. The highest BCUT2D eigenvalue weighted by atomic mass is 32.1. The zero-order valence-corrected chi connectivity index (χ0v) is 17.1. The molecule has 1 aromatic heterocycles. The number of carbonyl (C=O) groups excluding carboxylic acids is 1. The Balaban J connectivity index is 1.28. The number of alkyl carbamates (subject to hydrolysis) is 1. The summed E-state index contributed by atoms with van der Waals surface area (Å²) in [6.45, 7) is 1.74. The Labute approximate surface area is 174 Å². The molecule has 2 aromatic rings. The van der Waals surface area contributed by atoms with Crippen LogP contribution in [-0.2, 0) is 15.9 Å². The fourth-order valence-corrected chi connectivity index (χ4v) is 4.54. The van der Waals surface area contributed by atoms with Gasteiger partial charge in [0.15, 0.2) is 0 Å². The van der Waals surface area contributed by atoms with E-state index < -0.39 is 18.3 Å². The lowest BCUT2D eigenvalue weighted by Crippen LogP contribution is -2.41. The zero-order valence-electron chi connectivity index (χ0n) is 16.3. The van der Waals surface area contributed by atoms with Crippen LogP contribution in [0.15, 0.2) is 36.0 Å². The number of nitrogens with one attached hydrogen (secondary N) is 2. The van der Waals surface area contributed by atoms with Gasteiger partial charge in [0.2, 0.25) is 0 Å². The number of benzene rings is 1. The van der Waals surface area contributed by atoms with Gasteiger partial charge in [0.1, 0.15) is 12.2 Å². The normalized spacial score (nSPS) is 26.5. The molecule has 4 rings (SSSR count). The van der Waals surface area contributed by atoms with Crippen molar-refractivity contribution in [2.24, 2.45) is 0 Å². The Bertz CT molecular complexity index is 778. The number of rotatable bonds is 7. The number of hydrogen-bond donors (Lipinski definition) is 3. The minimum Gasteiger partial charge on any atom is -0.442 e. The van der Waals surface area contributed by atoms with Crippen LogP contribution in [0.5, 0.6) is 0 Å². The molecule has 3 N–H and O–H groups in total. The maximum absolute atomic E-state index is 12.2. The van der Waals surface area contributed by atoms with E-state index >= 15 is 0 Å². The number of carbonyl (C=O) groups is 1. The summed E-state index contributed by atoms with van der Waals surface area (Å²) in [5, 5.41) is 16.3. The van der Waals surface area contributed by atoms with Crippen LogP contribution in [0.4, 0.5) is 4.79 Å². The van der Waals surface area contributed by atoms with Crippen molar-refractivity contribution in [2.45, 2.75) is 50.0 Å². The van der Waals surface area contributed by atoms with Crippen LogP contribution in [0, 0.1) is 0 Å². The molecule has 1 amide bonds. The molecule has 2 aliphatic rings. The Hall–Kier alpha value is -2.00. The highest BCUT2D eigenvalue weighted by Gasteiger charge is 2.37. The lowest BCUT2D eigenvalue weighted by Gasteiger charge is -2.22. The highest BCUT2D eigenvalue weighted by Crippen LogP contribution is 2.24. The predicted octanol–water partition coefficient (Wildman–Crippen LogP) is 2.35. The summed E-state index contributed by atoms with van der Waals surface area (Å²) < 4.78 is 11.1. The number of β-amino-alcohol motifs (C(OH)–C–C–N with tert-alkyl or cyclic N) is 1. The average molecular weight is 418 g/mol. The number of thiazole rings is 1. The molecule has 8 heteroatoms. The number of aliphatic hydroxyl groups is 1. The number of ether oxygens (including phenoxy) is 2. The third-order valence-electron chi connectivity index (χ3n) is 5.49. The maximum Gasteiger partial charge on any atom is 0.407 e. The standard InChI is InChI=1S/C21H27N3O4S/c25-18-11-24-17(10-14-3-5-15(6-4-14)19-12-22-13-29-19)20(18)28-21(26)23-8-7-16-2-1-9-27-16/h3-6,12-13,16-18,20,24-25H,1-2,7-11H2,(H,23,26)/t16-,17+,18-,20-/m0/s1.